The summed E-state index contributed by atoms with van der Waals surface area (Å²) in [5.74, 6) is -0.499. The molecule has 2 aliphatic heterocycles. The summed E-state index contributed by atoms with van der Waals surface area (Å²) in [6.07, 6.45) is 1.67. The van der Waals surface area contributed by atoms with Crippen LogP contribution in [0.1, 0.15) is 40.5 Å². The van der Waals surface area contributed by atoms with E-state index < -0.39 is 17.1 Å². The summed E-state index contributed by atoms with van der Waals surface area (Å²) in [5.41, 5.74) is -1.37. The van der Waals surface area contributed by atoms with Crippen LogP contribution in [-0.2, 0) is 9.53 Å². The van der Waals surface area contributed by atoms with Crippen molar-refractivity contribution in [3.8, 4) is 0 Å². The Labute approximate surface area is 109 Å². The van der Waals surface area contributed by atoms with Crippen LogP contribution in [0.3, 0.4) is 0 Å². The molecule has 2 saturated heterocycles. The largest absolute Gasteiger partial charge is 0.460 e. The van der Waals surface area contributed by atoms with Crippen molar-refractivity contribution in [1.29, 1.82) is 0 Å². The van der Waals surface area contributed by atoms with Crippen molar-refractivity contribution >= 4 is 5.97 Å². The van der Waals surface area contributed by atoms with E-state index >= 15 is 0 Å². The van der Waals surface area contributed by atoms with Crippen molar-refractivity contribution in [2.45, 2.75) is 51.7 Å². The number of carbonyl (C=O) groups is 1. The van der Waals surface area contributed by atoms with Gasteiger partial charge < -0.3 is 14.7 Å². The second kappa shape index (κ2) is 4.49. The first-order valence-corrected chi connectivity index (χ1v) is 6.90. The zero-order chi connectivity index (χ0) is 13.6. The third kappa shape index (κ3) is 2.54. The summed E-state index contributed by atoms with van der Waals surface area (Å²) in [6, 6.07) is 0. The van der Waals surface area contributed by atoms with Gasteiger partial charge in [-0.3, -0.25) is 4.79 Å². The highest BCUT2D eigenvalue weighted by Gasteiger charge is 2.51. The minimum absolute atomic E-state index is 0.216. The van der Waals surface area contributed by atoms with Crippen LogP contribution < -0.4 is 0 Å². The van der Waals surface area contributed by atoms with E-state index in [2.05, 4.69) is 4.90 Å². The van der Waals surface area contributed by atoms with Gasteiger partial charge >= 0.3 is 5.97 Å². The summed E-state index contributed by atoms with van der Waals surface area (Å²) in [5, 5.41) is 10.9. The molecular formula is C14H25NO3. The normalized spacial score (nSPS) is 37.4. The third-order valence-electron chi connectivity index (χ3n) is 4.32. The molecule has 2 bridgehead atoms. The Morgan fingerprint density at radius 1 is 1.44 bits per heavy atom. The monoisotopic (exact) mass is 255 g/mol. The first-order valence-electron chi connectivity index (χ1n) is 6.90. The number of ether oxygens (including phenoxy) is 1. The second-order valence-electron chi connectivity index (χ2n) is 6.78. The Morgan fingerprint density at radius 2 is 2.11 bits per heavy atom. The fourth-order valence-electron chi connectivity index (χ4n) is 3.15. The maximum absolute atomic E-state index is 12.1. The van der Waals surface area contributed by atoms with E-state index in [1.54, 1.807) is 0 Å². The lowest BCUT2D eigenvalue weighted by Gasteiger charge is -2.42. The number of carbonyl (C=O) groups excluding carboxylic acids is 1. The predicted octanol–water partition coefficient (Wildman–Crippen LogP) is 1.42. The van der Waals surface area contributed by atoms with E-state index in [0.29, 0.717) is 6.42 Å². The Balaban J connectivity index is 2.07. The highest BCUT2D eigenvalue weighted by molar-refractivity contribution is 5.74. The van der Waals surface area contributed by atoms with E-state index in [9.17, 15) is 9.90 Å². The second-order valence-corrected chi connectivity index (χ2v) is 6.78. The van der Waals surface area contributed by atoms with Gasteiger partial charge in [0.2, 0.25) is 0 Å². The van der Waals surface area contributed by atoms with Gasteiger partial charge in [0.15, 0.2) is 0 Å². The fourth-order valence-corrected chi connectivity index (χ4v) is 3.15. The summed E-state index contributed by atoms with van der Waals surface area (Å²) < 4.78 is 5.41. The van der Waals surface area contributed by atoms with Gasteiger partial charge in [-0.05, 0) is 47.1 Å². The van der Waals surface area contributed by atoms with Gasteiger partial charge in [0, 0.05) is 19.0 Å². The van der Waals surface area contributed by atoms with Crippen LogP contribution in [0.25, 0.3) is 0 Å². The number of nitrogens with zero attached hydrogens (tertiary/aromatic N) is 1. The molecule has 104 valence electrons. The number of aliphatic hydroxyl groups is 1. The standard InChI is InChI=1S/C14H25NO3/c1-10(12(16)18-13(2,3)4)14(17)6-8-15-7-5-11(14)9-15/h10-11,17H,5-9H2,1-4H3. The quantitative estimate of drug-likeness (QED) is 0.758. The van der Waals surface area contributed by atoms with Crippen molar-refractivity contribution in [2.75, 3.05) is 19.6 Å². The van der Waals surface area contributed by atoms with Crippen LogP contribution in [-0.4, -0.2) is 46.8 Å². The van der Waals surface area contributed by atoms with Gasteiger partial charge in [0.05, 0.1) is 11.5 Å². The minimum Gasteiger partial charge on any atom is -0.460 e. The molecule has 1 N–H and O–H groups in total. The molecule has 0 spiro atoms. The molecule has 2 heterocycles. The van der Waals surface area contributed by atoms with Crippen molar-refractivity contribution in [3.63, 3.8) is 0 Å². The number of rotatable bonds is 2. The lowest BCUT2D eigenvalue weighted by atomic mass is 9.73. The first kappa shape index (κ1) is 13.8. The van der Waals surface area contributed by atoms with Gasteiger partial charge in [-0.15, -0.1) is 0 Å². The number of piperidine rings is 1. The van der Waals surface area contributed by atoms with Crippen LogP contribution in [0.15, 0.2) is 0 Å². The molecule has 0 amide bonds. The maximum Gasteiger partial charge on any atom is 0.312 e. The lowest BCUT2D eigenvalue weighted by molar-refractivity contribution is -0.175. The molecule has 0 saturated carbocycles. The van der Waals surface area contributed by atoms with Crippen molar-refractivity contribution in [3.05, 3.63) is 0 Å². The topological polar surface area (TPSA) is 49.8 Å². The molecule has 4 unspecified atom stereocenters. The zero-order valence-corrected chi connectivity index (χ0v) is 11.9. The number of hydrogen-bond donors (Lipinski definition) is 1. The van der Waals surface area contributed by atoms with Crippen LogP contribution in [0.2, 0.25) is 0 Å². The van der Waals surface area contributed by atoms with Gasteiger partial charge in [-0.25, -0.2) is 0 Å². The molecule has 4 atom stereocenters. The lowest BCUT2D eigenvalue weighted by Crippen LogP contribution is -2.53. The Morgan fingerprint density at radius 3 is 2.72 bits per heavy atom. The maximum atomic E-state index is 12.1. The predicted molar refractivity (Wildman–Crippen MR) is 69.1 cm³/mol. The minimum atomic E-state index is -0.880. The van der Waals surface area contributed by atoms with Crippen LogP contribution in [0.4, 0.5) is 0 Å². The molecule has 2 rings (SSSR count). The van der Waals surface area contributed by atoms with Gasteiger partial charge in [-0.2, -0.15) is 0 Å². The fraction of sp³-hybridized carbons (Fsp3) is 0.929. The van der Waals surface area contributed by atoms with Crippen LogP contribution in [0.5, 0.6) is 0 Å². The van der Waals surface area contributed by atoms with Crippen LogP contribution in [0, 0.1) is 11.8 Å². The Kier molecular flexibility index (Phi) is 3.45. The SMILES string of the molecule is CC(C(=O)OC(C)(C)C)C1(O)CCN2CCC1C2. The van der Waals surface area contributed by atoms with Crippen molar-refractivity contribution in [2.24, 2.45) is 11.8 Å². The third-order valence-corrected chi connectivity index (χ3v) is 4.32. The van der Waals surface area contributed by atoms with Gasteiger partial charge in [0.1, 0.15) is 5.60 Å². The molecule has 2 fully saturated rings. The molecule has 0 aromatic rings. The van der Waals surface area contributed by atoms with Crippen LogP contribution >= 0.6 is 0 Å². The van der Waals surface area contributed by atoms with E-state index in [0.717, 1.165) is 26.1 Å². The molecule has 0 aromatic carbocycles. The summed E-state index contributed by atoms with van der Waals surface area (Å²) in [6.45, 7) is 10.2. The van der Waals surface area contributed by atoms with Gasteiger partial charge in [-0.1, -0.05) is 0 Å². The first-order chi connectivity index (χ1) is 8.22. The average Bonchev–Trinajstić information content (AvgIpc) is 2.66. The molecule has 2 aliphatic rings. The summed E-state index contributed by atoms with van der Waals surface area (Å²) in [7, 11) is 0. The molecule has 0 aliphatic carbocycles. The molecule has 4 nitrogen and oxygen atoms in total. The number of esters is 1. The molecule has 0 radical (unpaired) electrons. The van der Waals surface area contributed by atoms with E-state index in [4.69, 9.17) is 4.74 Å². The summed E-state index contributed by atoms with van der Waals surface area (Å²) in [4.78, 5) is 14.5. The zero-order valence-electron chi connectivity index (χ0n) is 11.9. The van der Waals surface area contributed by atoms with Crippen molar-refractivity contribution in [1.82, 2.24) is 4.90 Å². The number of hydrogen-bond acceptors (Lipinski definition) is 4. The average molecular weight is 255 g/mol. The smallest absolute Gasteiger partial charge is 0.312 e. The molecule has 4 heteroatoms. The van der Waals surface area contributed by atoms with E-state index in [1.165, 1.54) is 0 Å². The van der Waals surface area contributed by atoms with Gasteiger partial charge in [0.25, 0.3) is 0 Å². The Hall–Kier alpha value is -0.610. The van der Waals surface area contributed by atoms with Crippen molar-refractivity contribution < 1.29 is 14.6 Å². The van der Waals surface area contributed by atoms with E-state index in [1.807, 2.05) is 27.7 Å². The molecule has 18 heavy (non-hydrogen) atoms. The summed E-state index contributed by atoms with van der Waals surface area (Å²) >= 11 is 0. The molecular weight excluding hydrogens is 230 g/mol. The molecule has 0 aromatic heterocycles. The number of fused-ring (bicyclic) bond motifs is 2. The van der Waals surface area contributed by atoms with E-state index in [-0.39, 0.29) is 11.9 Å². The highest BCUT2D eigenvalue weighted by atomic mass is 16.6. The highest BCUT2D eigenvalue weighted by Crippen LogP contribution is 2.41. The Bertz CT molecular complexity index is 336.